The Balaban J connectivity index is 2.72. The quantitative estimate of drug-likeness (QED) is 0.643. The van der Waals surface area contributed by atoms with Gasteiger partial charge < -0.3 is 10.1 Å². The largest absolute Gasteiger partial charge is 0.481 e. The first-order chi connectivity index (χ1) is 9.32. The Morgan fingerprint density at radius 1 is 1.50 bits per heavy atom. The number of H-pyrrole nitrogens is 1. The fourth-order valence-corrected chi connectivity index (χ4v) is 2.20. The van der Waals surface area contributed by atoms with Gasteiger partial charge in [0.05, 0.1) is 12.7 Å². The van der Waals surface area contributed by atoms with Crippen LogP contribution < -0.4 is 0 Å². The molecule has 1 amide bonds. The molecule has 0 bridgehead atoms. The van der Waals surface area contributed by atoms with Crippen LogP contribution >= 0.6 is 12.8 Å². The molecule has 1 rings (SSSR count). The summed E-state index contributed by atoms with van der Waals surface area (Å²) in [5, 5.41) is 8.77. The van der Waals surface area contributed by atoms with Crippen molar-refractivity contribution < 1.29 is 19.5 Å². The number of carboxylic acids is 1. The van der Waals surface area contributed by atoms with E-state index in [9.17, 15) is 14.4 Å². The Kier molecular flexibility index (Phi) is 5.75. The van der Waals surface area contributed by atoms with E-state index in [-0.39, 0.29) is 0 Å². The SMILES string of the molecule is CC(=O)[C@H](CC(=O)O)N(S)C(=O)[C@@H](C)Cc1cnc[nH]1. The zero-order chi connectivity index (χ0) is 15.3. The second-order valence-electron chi connectivity index (χ2n) is 4.59. The van der Waals surface area contributed by atoms with Gasteiger partial charge in [0.1, 0.15) is 6.04 Å². The number of ketones is 1. The van der Waals surface area contributed by atoms with E-state index >= 15 is 0 Å². The van der Waals surface area contributed by atoms with Gasteiger partial charge in [-0.3, -0.25) is 18.7 Å². The molecule has 0 saturated carbocycles. The number of hydrogen-bond acceptors (Lipinski definition) is 5. The molecule has 1 aromatic heterocycles. The first-order valence-electron chi connectivity index (χ1n) is 6.04. The van der Waals surface area contributed by atoms with Crippen LogP contribution in [0.3, 0.4) is 0 Å². The minimum Gasteiger partial charge on any atom is -0.481 e. The van der Waals surface area contributed by atoms with Gasteiger partial charge in [-0.1, -0.05) is 19.7 Å². The summed E-state index contributed by atoms with van der Waals surface area (Å²) < 4.78 is 0.914. The van der Waals surface area contributed by atoms with E-state index in [2.05, 4.69) is 22.8 Å². The summed E-state index contributed by atoms with van der Waals surface area (Å²) in [6.45, 7) is 2.92. The molecule has 1 heterocycles. The van der Waals surface area contributed by atoms with E-state index in [4.69, 9.17) is 5.11 Å². The number of Topliss-reactive ketones (excluding diaryl/α,β-unsaturated/α-hetero) is 1. The zero-order valence-corrected chi connectivity index (χ0v) is 12.1. The van der Waals surface area contributed by atoms with Crippen molar-refractivity contribution in [2.45, 2.75) is 32.7 Å². The van der Waals surface area contributed by atoms with Gasteiger partial charge in [0, 0.05) is 24.2 Å². The van der Waals surface area contributed by atoms with Crippen molar-refractivity contribution in [1.82, 2.24) is 14.3 Å². The average molecular weight is 299 g/mol. The Morgan fingerprint density at radius 2 is 2.15 bits per heavy atom. The molecule has 8 heteroatoms. The molecule has 0 radical (unpaired) electrons. The highest BCUT2D eigenvalue weighted by Gasteiger charge is 2.30. The van der Waals surface area contributed by atoms with Crippen molar-refractivity contribution in [3.05, 3.63) is 18.2 Å². The summed E-state index contributed by atoms with van der Waals surface area (Å²) in [4.78, 5) is 41.1. The molecule has 20 heavy (non-hydrogen) atoms. The Labute approximate surface area is 121 Å². The number of nitrogens with one attached hydrogen (secondary N) is 1. The van der Waals surface area contributed by atoms with Crippen LogP contribution in [0.4, 0.5) is 0 Å². The van der Waals surface area contributed by atoms with Crippen LogP contribution in [-0.2, 0) is 20.8 Å². The molecule has 110 valence electrons. The van der Waals surface area contributed by atoms with E-state index in [0.717, 1.165) is 10.00 Å². The third-order valence-electron chi connectivity index (χ3n) is 2.86. The van der Waals surface area contributed by atoms with Crippen molar-refractivity contribution in [2.75, 3.05) is 0 Å². The fourth-order valence-electron chi connectivity index (χ4n) is 1.76. The predicted molar refractivity (Wildman–Crippen MR) is 74.0 cm³/mol. The lowest BCUT2D eigenvalue weighted by atomic mass is 10.0. The molecule has 2 N–H and O–H groups in total. The van der Waals surface area contributed by atoms with Gasteiger partial charge in [-0.25, -0.2) is 4.98 Å². The maximum Gasteiger partial charge on any atom is 0.305 e. The van der Waals surface area contributed by atoms with Gasteiger partial charge in [0.2, 0.25) is 5.91 Å². The summed E-state index contributed by atoms with van der Waals surface area (Å²) >= 11 is 4.00. The number of aromatic amines is 1. The van der Waals surface area contributed by atoms with Gasteiger partial charge in [-0.2, -0.15) is 0 Å². The first-order valence-corrected chi connectivity index (χ1v) is 6.44. The monoisotopic (exact) mass is 299 g/mol. The molecule has 0 spiro atoms. The first kappa shape index (κ1) is 16.2. The number of carbonyl (C=O) groups excluding carboxylic acids is 2. The van der Waals surface area contributed by atoms with Gasteiger partial charge in [0.25, 0.3) is 0 Å². The van der Waals surface area contributed by atoms with Crippen molar-refractivity contribution in [3.63, 3.8) is 0 Å². The molecule has 1 aromatic rings. The van der Waals surface area contributed by atoms with E-state index in [0.29, 0.717) is 6.42 Å². The number of hydrogen-bond donors (Lipinski definition) is 3. The molecular weight excluding hydrogens is 282 g/mol. The van der Waals surface area contributed by atoms with Gasteiger partial charge in [-0.05, 0) is 6.92 Å². The van der Waals surface area contributed by atoms with Crippen LogP contribution in [0.2, 0.25) is 0 Å². The van der Waals surface area contributed by atoms with E-state index < -0.39 is 36.0 Å². The minimum atomic E-state index is -1.15. The van der Waals surface area contributed by atoms with Crippen LogP contribution in [0, 0.1) is 5.92 Å². The maximum absolute atomic E-state index is 12.2. The molecule has 0 fully saturated rings. The Bertz CT molecular complexity index is 489. The molecular formula is C12H17N3O4S. The maximum atomic E-state index is 12.2. The number of thiol groups is 1. The number of aliphatic carboxylic acids is 1. The Hall–Kier alpha value is -1.83. The number of amides is 1. The van der Waals surface area contributed by atoms with Crippen LogP contribution in [0.1, 0.15) is 26.0 Å². The number of carbonyl (C=O) groups is 3. The van der Waals surface area contributed by atoms with Crippen LogP contribution in [0.25, 0.3) is 0 Å². The van der Waals surface area contributed by atoms with E-state index in [1.165, 1.54) is 13.3 Å². The third kappa shape index (κ3) is 4.37. The van der Waals surface area contributed by atoms with E-state index in [1.807, 2.05) is 0 Å². The minimum absolute atomic E-state index is 0.399. The highest BCUT2D eigenvalue weighted by Crippen LogP contribution is 2.16. The number of imidazole rings is 1. The van der Waals surface area contributed by atoms with Gasteiger partial charge >= 0.3 is 5.97 Å². The molecule has 0 unspecified atom stereocenters. The number of aromatic nitrogens is 2. The summed E-state index contributed by atoms with van der Waals surface area (Å²) in [6.07, 6.45) is 3.06. The van der Waals surface area contributed by atoms with Crippen molar-refractivity contribution in [3.8, 4) is 0 Å². The number of rotatable bonds is 7. The summed E-state index contributed by atoms with van der Waals surface area (Å²) in [5.74, 6) is -2.41. The third-order valence-corrected chi connectivity index (χ3v) is 3.34. The number of nitrogens with zero attached hydrogens (tertiary/aromatic N) is 2. The highest BCUT2D eigenvalue weighted by atomic mass is 32.1. The predicted octanol–water partition coefficient (Wildman–Crippen LogP) is 0.694. The molecule has 0 aliphatic heterocycles. The van der Waals surface area contributed by atoms with Gasteiger partial charge in [0.15, 0.2) is 5.78 Å². The zero-order valence-electron chi connectivity index (χ0n) is 11.2. The average Bonchev–Trinajstić information content (AvgIpc) is 2.86. The lowest BCUT2D eigenvalue weighted by molar-refractivity contribution is -0.142. The van der Waals surface area contributed by atoms with Crippen molar-refractivity contribution in [2.24, 2.45) is 5.92 Å². The molecule has 0 saturated heterocycles. The molecule has 2 atom stereocenters. The van der Waals surface area contributed by atoms with Crippen LogP contribution in [-0.4, -0.2) is 43.1 Å². The second-order valence-corrected chi connectivity index (χ2v) is 5.02. The topological polar surface area (TPSA) is 103 Å². The molecule has 0 aliphatic rings. The normalized spacial score (nSPS) is 13.6. The summed E-state index contributed by atoms with van der Waals surface area (Å²) in [5.41, 5.74) is 0.783. The standard InChI is InChI=1S/C12H17N3O4S/c1-7(3-9-5-13-6-14-9)12(19)15(20)10(8(2)16)4-11(17)18/h5-7,10,20H,3-4H2,1-2H3,(H,13,14)(H,17,18)/t7-,10-/m0/s1. The van der Waals surface area contributed by atoms with Crippen molar-refractivity contribution in [1.29, 1.82) is 0 Å². The van der Waals surface area contributed by atoms with Crippen molar-refractivity contribution >= 4 is 30.5 Å². The second kappa shape index (κ2) is 7.09. The smallest absolute Gasteiger partial charge is 0.305 e. The van der Waals surface area contributed by atoms with Crippen LogP contribution in [0.5, 0.6) is 0 Å². The van der Waals surface area contributed by atoms with E-state index in [1.54, 1.807) is 13.1 Å². The molecule has 7 nitrogen and oxygen atoms in total. The Morgan fingerprint density at radius 3 is 2.60 bits per heavy atom. The van der Waals surface area contributed by atoms with Crippen LogP contribution in [0.15, 0.2) is 12.5 Å². The van der Waals surface area contributed by atoms with Gasteiger partial charge in [-0.15, -0.1) is 0 Å². The molecule has 0 aromatic carbocycles. The molecule has 0 aliphatic carbocycles. The highest BCUT2D eigenvalue weighted by molar-refractivity contribution is 7.78. The summed E-state index contributed by atoms with van der Waals surface area (Å²) in [7, 11) is 0. The lowest BCUT2D eigenvalue weighted by Gasteiger charge is -2.26. The lowest BCUT2D eigenvalue weighted by Crippen LogP contribution is -2.42. The summed E-state index contributed by atoms with van der Waals surface area (Å²) in [6, 6.07) is -1.06. The number of carboxylic acid groups (broad SMARTS) is 1. The fraction of sp³-hybridized carbons (Fsp3) is 0.500.